The maximum absolute atomic E-state index is 11.0. The van der Waals surface area contributed by atoms with Gasteiger partial charge >= 0.3 is 0 Å². The van der Waals surface area contributed by atoms with Gasteiger partial charge in [-0.05, 0) is 18.2 Å². The topological polar surface area (TPSA) is 85.8 Å². The number of carbonyl (C=O) groups is 1. The van der Waals surface area contributed by atoms with Crippen LogP contribution >= 0.6 is 11.6 Å². The van der Waals surface area contributed by atoms with Crippen LogP contribution in [-0.2, 0) is 11.3 Å². The average molecular weight is 266 g/mol. The van der Waals surface area contributed by atoms with Crippen molar-refractivity contribution >= 4 is 17.5 Å². The van der Waals surface area contributed by atoms with Crippen LogP contribution in [0, 0.1) is 0 Å². The Bertz CT molecular complexity index is 554. The monoisotopic (exact) mass is 265 g/mol. The summed E-state index contributed by atoms with van der Waals surface area (Å²) in [7, 11) is 0. The molecular weight excluding hydrogens is 254 g/mol. The van der Waals surface area contributed by atoms with Gasteiger partial charge < -0.3 is 11.1 Å². The molecule has 1 heterocycles. The van der Waals surface area contributed by atoms with Crippen LogP contribution in [0.15, 0.2) is 30.5 Å². The lowest BCUT2D eigenvalue weighted by Crippen LogP contribution is -2.29. The number of halogens is 1. The summed E-state index contributed by atoms with van der Waals surface area (Å²) in [6, 6.07) is 7.25. The van der Waals surface area contributed by atoms with E-state index in [9.17, 15) is 4.79 Å². The lowest BCUT2D eigenvalue weighted by Gasteiger charge is -2.00. The fraction of sp³-hybridized carbons (Fsp3) is 0.182. The van der Waals surface area contributed by atoms with Crippen molar-refractivity contribution in [3.05, 3.63) is 41.2 Å². The van der Waals surface area contributed by atoms with Crippen molar-refractivity contribution in [1.29, 1.82) is 0 Å². The van der Waals surface area contributed by atoms with Gasteiger partial charge in [-0.25, -0.2) is 4.68 Å². The summed E-state index contributed by atoms with van der Waals surface area (Å²) in [5.74, 6) is -0.229. The maximum atomic E-state index is 11.0. The van der Waals surface area contributed by atoms with Crippen molar-refractivity contribution in [2.75, 3.05) is 6.54 Å². The average Bonchev–Trinajstić information content (AvgIpc) is 2.84. The van der Waals surface area contributed by atoms with E-state index in [1.54, 1.807) is 23.0 Å². The number of carbonyl (C=O) groups excluding carboxylic acids is 1. The Labute approximate surface area is 109 Å². The molecule has 1 aromatic heterocycles. The lowest BCUT2D eigenvalue weighted by atomic mass is 10.3. The van der Waals surface area contributed by atoms with Crippen LogP contribution in [0.3, 0.4) is 0 Å². The molecular formula is C11H12ClN5O. The third kappa shape index (κ3) is 3.06. The second kappa shape index (κ2) is 5.61. The first-order valence-corrected chi connectivity index (χ1v) is 5.71. The van der Waals surface area contributed by atoms with Gasteiger partial charge in [0, 0.05) is 5.02 Å². The van der Waals surface area contributed by atoms with E-state index in [1.807, 2.05) is 12.1 Å². The van der Waals surface area contributed by atoms with Gasteiger partial charge in [0.25, 0.3) is 0 Å². The van der Waals surface area contributed by atoms with E-state index in [-0.39, 0.29) is 12.5 Å². The maximum Gasteiger partial charge on any atom is 0.234 e. The first-order valence-electron chi connectivity index (χ1n) is 5.33. The molecule has 18 heavy (non-hydrogen) atoms. The Hall–Kier alpha value is -1.92. The molecule has 1 amide bonds. The van der Waals surface area contributed by atoms with E-state index in [4.69, 9.17) is 17.3 Å². The molecule has 0 aliphatic rings. The molecule has 2 rings (SSSR count). The molecule has 7 heteroatoms. The van der Waals surface area contributed by atoms with Crippen LogP contribution < -0.4 is 11.1 Å². The SMILES string of the molecule is NCC(=O)NCc1cn(-c2cccc(Cl)c2)nn1. The Morgan fingerprint density at radius 2 is 2.33 bits per heavy atom. The third-order valence-corrected chi connectivity index (χ3v) is 2.50. The zero-order chi connectivity index (χ0) is 13.0. The molecule has 94 valence electrons. The Morgan fingerprint density at radius 1 is 1.50 bits per heavy atom. The largest absolute Gasteiger partial charge is 0.349 e. The van der Waals surface area contributed by atoms with Crippen molar-refractivity contribution in [2.24, 2.45) is 5.73 Å². The second-order valence-electron chi connectivity index (χ2n) is 3.62. The Morgan fingerprint density at radius 3 is 3.06 bits per heavy atom. The van der Waals surface area contributed by atoms with Crippen LogP contribution in [0.2, 0.25) is 5.02 Å². The van der Waals surface area contributed by atoms with Crippen molar-refractivity contribution in [3.63, 3.8) is 0 Å². The van der Waals surface area contributed by atoms with Gasteiger partial charge in [0.1, 0.15) is 5.69 Å². The summed E-state index contributed by atoms with van der Waals surface area (Å²) in [6.07, 6.45) is 1.72. The molecule has 6 nitrogen and oxygen atoms in total. The van der Waals surface area contributed by atoms with Crippen LogP contribution in [0.25, 0.3) is 5.69 Å². The zero-order valence-electron chi connectivity index (χ0n) is 9.51. The van der Waals surface area contributed by atoms with Gasteiger partial charge in [0.15, 0.2) is 0 Å². The van der Waals surface area contributed by atoms with Crippen molar-refractivity contribution < 1.29 is 4.79 Å². The number of nitrogens with two attached hydrogens (primary N) is 1. The van der Waals surface area contributed by atoms with Gasteiger partial charge in [-0.2, -0.15) is 0 Å². The van der Waals surface area contributed by atoms with Gasteiger partial charge in [0.05, 0.1) is 25.0 Å². The summed E-state index contributed by atoms with van der Waals surface area (Å²) in [5, 5.41) is 11.1. The van der Waals surface area contributed by atoms with Crippen molar-refractivity contribution in [2.45, 2.75) is 6.54 Å². The molecule has 0 unspecified atom stereocenters. The number of aromatic nitrogens is 3. The Kier molecular flexibility index (Phi) is 3.91. The molecule has 0 radical (unpaired) electrons. The van der Waals surface area contributed by atoms with Crippen LogP contribution in [0.5, 0.6) is 0 Å². The van der Waals surface area contributed by atoms with Crippen molar-refractivity contribution in [3.8, 4) is 5.69 Å². The minimum Gasteiger partial charge on any atom is -0.349 e. The summed E-state index contributed by atoms with van der Waals surface area (Å²) in [4.78, 5) is 11.0. The van der Waals surface area contributed by atoms with E-state index >= 15 is 0 Å². The fourth-order valence-corrected chi connectivity index (χ4v) is 1.57. The van der Waals surface area contributed by atoms with E-state index in [0.717, 1.165) is 5.69 Å². The molecule has 0 spiro atoms. The van der Waals surface area contributed by atoms with Crippen LogP contribution in [0.4, 0.5) is 0 Å². The van der Waals surface area contributed by atoms with Crippen LogP contribution in [-0.4, -0.2) is 27.4 Å². The number of benzene rings is 1. The zero-order valence-corrected chi connectivity index (χ0v) is 10.3. The number of nitrogens with one attached hydrogen (secondary N) is 1. The molecule has 0 aliphatic heterocycles. The number of nitrogens with zero attached hydrogens (tertiary/aromatic N) is 3. The normalized spacial score (nSPS) is 10.3. The number of rotatable bonds is 4. The molecule has 3 N–H and O–H groups in total. The number of amides is 1. The fourth-order valence-electron chi connectivity index (χ4n) is 1.39. The highest BCUT2D eigenvalue weighted by atomic mass is 35.5. The van der Waals surface area contributed by atoms with E-state index in [2.05, 4.69) is 15.6 Å². The van der Waals surface area contributed by atoms with Gasteiger partial charge in [-0.1, -0.05) is 22.9 Å². The highest BCUT2D eigenvalue weighted by Gasteiger charge is 2.04. The Balaban J connectivity index is 2.08. The molecule has 0 atom stereocenters. The molecule has 1 aromatic carbocycles. The minimum atomic E-state index is -0.229. The van der Waals surface area contributed by atoms with Crippen molar-refractivity contribution in [1.82, 2.24) is 20.3 Å². The first kappa shape index (κ1) is 12.5. The van der Waals surface area contributed by atoms with Gasteiger partial charge in [-0.15, -0.1) is 5.10 Å². The van der Waals surface area contributed by atoms with Gasteiger partial charge in [-0.3, -0.25) is 4.79 Å². The summed E-state index contributed by atoms with van der Waals surface area (Å²) < 4.78 is 1.59. The molecule has 0 aliphatic carbocycles. The second-order valence-corrected chi connectivity index (χ2v) is 4.05. The highest BCUT2D eigenvalue weighted by molar-refractivity contribution is 6.30. The summed E-state index contributed by atoms with van der Waals surface area (Å²) in [5.41, 5.74) is 6.64. The summed E-state index contributed by atoms with van der Waals surface area (Å²) in [6.45, 7) is 0.263. The minimum absolute atomic E-state index is 0.0393. The number of hydrogen-bond acceptors (Lipinski definition) is 4. The predicted molar refractivity (Wildman–Crippen MR) is 67.3 cm³/mol. The first-order chi connectivity index (χ1) is 8.69. The smallest absolute Gasteiger partial charge is 0.234 e. The van der Waals surface area contributed by atoms with E-state index < -0.39 is 0 Å². The highest BCUT2D eigenvalue weighted by Crippen LogP contribution is 2.13. The quantitative estimate of drug-likeness (QED) is 0.843. The standard InChI is InChI=1S/C11H12ClN5O/c12-8-2-1-3-10(4-8)17-7-9(15-16-17)6-14-11(18)5-13/h1-4,7H,5-6,13H2,(H,14,18). The lowest BCUT2D eigenvalue weighted by molar-refractivity contribution is -0.119. The van der Waals surface area contributed by atoms with Gasteiger partial charge in [0.2, 0.25) is 5.91 Å². The van der Waals surface area contributed by atoms with Crippen LogP contribution in [0.1, 0.15) is 5.69 Å². The molecule has 0 bridgehead atoms. The molecule has 0 saturated carbocycles. The third-order valence-electron chi connectivity index (χ3n) is 2.27. The number of hydrogen-bond donors (Lipinski definition) is 2. The van der Waals surface area contributed by atoms with E-state index in [0.29, 0.717) is 17.3 Å². The summed E-state index contributed by atoms with van der Waals surface area (Å²) >= 11 is 5.89. The molecule has 0 fully saturated rings. The predicted octanol–water partition coefficient (Wildman–Crippen LogP) is 0.496. The van der Waals surface area contributed by atoms with E-state index in [1.165, 1.54) is 0 Å². The molecule has 2 aromatic rings. The molecule has 0 saturated heterocycles.